The molecule has 0 radical (unpaired) electrons. The molecule has 37 heavy (non-hydrogen) atoms. The van der Waals surface area contributed by atoms with E-state index in [0.29, 0.717) is 12.1 Å². The first-order chi connectivity index (χ1) is 17.3. The number of aliphatic hydroxyl groups excluding tert-OH is 2. The van der Waals surface area contributed by atoms with Crippen molar-refractivity contribution in [2.75, 3.05) is 0 Å². The highest BCUT2D eigenvalue weighted by atomic mass is 32.1. The molecule has 0 saturated carbocycles. The second-order valence-electron chi connectivity index (χ2n) is 11.5. The SMILES string of the molecule is [C-]#[N+]Cc1nc(/C=C(\C)C2CC3O[C@]3(C)CCC[C@H](C)C(O)[C@@H](C)C(=O)C(C)(C)C(O)CC(=O)O2)cs1. The maximum Gasteiger partial charge on any atom is 0.309 e. The van der Waals surface area contributed by atoms with E-state index in [2.05, 4.69) is 16.8 Å². The number of hydrogen-bond acceptors (Lipinski definition) is 8. The summed E-state index contributed by atoms with van der Waals surface area (Å²) in [5.74, 6) is -1.64. The summed E-state index contributed by atoms with van der Waals surface area (Å²) in [5, 5.41) is 24.3. The van der Waals surface area contributed by atoms with Crippen LogP contribution < -0.4 is 0 Å². The number of aliphatic hydroxyl groups is 2. The van der Waals surface area contributed by atoms with Gasteiger partial charge in [0.15, 0.2) is 5.01 Å². The zero-order valence-electron chi connectivity index (χ0n) is 22.7. The standard InChI is InChI=1S/C28H40N2O6S/c1-16-9-8-10-28(6)22(36-28)12-20(17(2)11-19-15-37-23(30-19)14-29-7)35-24(32)13-21(31)27(4,5)26(34)18(3)25(16)33/h11,15-16,18,20-22,25,31,33H,8-10,12-14H2,1-6H3/b17-11+/t16-,18+,20?,21?,22?,25?,28+/m0/s1. The predicted molar refractivity (Wildman–Crippen MR) is 141 cm³/mol. The molecule has 9 heteroatoms. The van der Waals surface area contributed by atoms with Crippen molar-refractivity contribution >= 4 is 29.2 Å². The van der Waals surface area contributed by atoms with Gasteiger partial charge in [-0.15, -0.1) is 11.3 Å². The van der Waals surface area contributed by atoms with Crippen LogP contribution in [0.5, 0.6) is 0 Å². The van der Waals surface area contributed by atoms with Crippen molar-refractivity contribution in [1.82, 2.24) is 4.98 Å². The third-order valence-corrected chi connectivity index (χ3v) is 8.93. The number of ether oxygens (including phenoxy) is 2. The number of cyclic esters (lactones) is 1. The first-order valence-corrected chi connectivity index (χ1v) is 13.9. The Morgan fingerprint density at radius 2 is 2.00 bits per heavy atom. The van der Waals surface area contributed by atoms with E-state index in [1.165, 1.54) is 11.3 Å². The summed E-state index contributed by atoms with van der Waals surface area (Å²) < 4.78 is 11.9. The maximum atomic E-state index is 13.2. The predicted octanol–water partition coefficient (Wildman–Crippen LogP) is 4.59. The molecule has 2 N–H and O–H groups in total. The Bertz CT molecular complexity index is 1060. The van der Waals surface area contributed by atoms with Crippen LogP contribution in [0.15, 0.2) is 11.0 Å². The van der Waals surface area contributed by atoms with Crippen molar-refractivity contribution < 1.29 is 29.3 Å². The topological polar surface area (TPSA) is 114 Å². The van der Waals surface area contributed by atoms with E-state index >= 15 is 0 Å². The van der Waals surface area contributed by atoms with Crippen LogP contribution >= 0.6 is 11.3 Å². The van der Waals surface area contributed by atoms with Gasteiger partial charge in [0, 0.05) is 17.7 Å². The molecule has 0 amide bonds. The summed E-state index contributed by atoms with van der Waals surface area (Å²) in [6.07, 6.45) is 1.62. The van der Waals surface area contributed by atoms with Crippen LogP contribution in [0.1, 0.15) is 84.3 Å². The van der Waals surface area contributed by atoms with Gasteiger partial charge in [-0.1, -0.05) is 34.1 Å². The van der Waals surface area contributed by atoms with Crippen molar-refractivity contribution in [2.45, 2.75) is 110 Å². The van der Waals surface area contributed by atoms with Gasteiger partial charge in [-0.2, -0.15) is 0 Å². The number of nitrogens with zero attached hydrogens (tertiary/aromatic N) is 2. The molecule has 0 aromatic carbocycles. The van der Waals surface area contributed by atoms with Gasteiger partial charge in [-0.25, -0.2) is 11.6 Å². The Labute approximate surface area is 223 Å². The Kier molecular flexibility index (Phi) is 9.33. The zero-order chi connectivity index (χ0) is 27.5. The van der Waals surface area contributed by atoms with Crippen molar-refractivity contribution in [3.63, 3.8) is 0 Å². The Hall–Kier alpha value is -2.12. The van der Waals surface area contributed by atoms with Crippen molar-refractivity contribution in [3.05, 3.63) is 33.1 Å². The highest BCUT2D eigenvalue weighted by Crippen LogP contribution is 2.45. The summed E-state index contributed by atoms with van der Waals surface area (Å²) in [5.41, 5.74) is -0.0625. The van der Waals surface area contributed by atoms with Gasteiger partial charge in [0.05, 0.1) is 41.4 Å². The number of esters is 1. The van der Waals surface area contributed by atoms with Crippen molar-refractivity contribution in [1.29, 1.82) is 0 Å². The van der Waals surface area contributed by atoms with E-state index in [0.717, 1.165) is 29.8 Å². The number of epoxide rings is 1. The van der Waals surface area contributed by atoms with Gasteiger partial charge in [-0.3, -0.25) is 9.59 Å². The van der Waals surface area contributed by atoms with Gasteiger partial charge in [0.25, 0.3) is 6.54 Å². The Morgan fingerprint density at radius 1 is 1.30 bits per heavy atom. The van der Waals surface area contributed by atoms with E-state index < -0.39 is 35.6 Å². The summed E-state index contributed by atoms with van der Waals surface area (Å²) >= 11 is 1.41. The third-order valence-electron chi connectivity index (χ3n) is 8.07. The quantitative estimate of drug-likeness (QED) is 0.333. The molecule has 2 fully saturated rings. The molecular formula is C28H40N2O6S. The lowest BCUT2D eigenvalue weighted by Crippen LogP contribution is -2.45. The minimum Gasteiger partial charge on any atom is -0.458 e. The fourth-order valence-corrected chi connectivity index (χ4v) is 5.83. The number of ketones is 1. The molecule has 8 nitrogen and oxygen atoms in total. The van der Waals surface area contributed by atoms with E-state index in [9.17, 15) is 19.8 Å². The molecule has 0 aliphatic carbocycles. The second kappa shape index (κ2) is 11.7. The molecule has 0 bridgehead atoms. The molecule has 3 rings (SSSR count). The first kappa shape index (κ1) is 29.4. The molecule has 2 aliphatic rings. The minimum absolute atomic E-state index is 0.0863. The summed E-state index contributed by atoms with van der Waals surface area (Å²) in [6, 6.07) is 0. The molecular weight excluding hydrogens is 492 g/mol. The van der Waals surface area contributed by atoms with E-state index in [4.69, 9.17) is 16.0 Å². The summed E-state index contributed by atoms with van der Waals surface area (Å²) in [6.45, 7) is 18.0. The maximum absolute atomic E-state index is 13.2. The molecule has 7 atom stereocenters. The second-order valence-corrected chi connectivity index (χ2v) is 12.4. The smallest absolute Gasteiger partial charge is 0.309 e. The summed E-state index contributed by atoms with van der Waals surface area (Å²) in [4.78, 5) is 34.1. The minimum atomic E-state index is -1.26. The van der Waals surface area contributed by atoms with Crippen LogP contribution in [0.2, 0.25) is 0 Å². The number of fused-ring (bicyclic) bond motifs is 1. The van der Waals surface area contributed by atoms with Gasteiger partial charge >= 0.3 is 5.97 Å². The molecule has 4 unspecified atom stereocenters. The monoisotopic (exact) mass is 532 g/mol. The van der Waals surface area contributed by atoms with E-state index in [-0.39, 0.29) is 36.4 Å². The van der Waals surface area contributed by atoms with Gasteiger partial charge in [-0.05, 0) is 44.3 Å². The van der Waals surface area contributed by atoms with Crippen LogP contribution in [-0.4, -0.2) is 57.0 Å². The molecule has 3 heterocycles. The van der Waals surface area contributed by atoms with Gasteiger partial charge < -0.3 is 24.5 Å². The number of carbonyl (C=O) groups excluding carboxylic acids is 2. The molecule has 1 aromatic rings. The lowest BCUT2D eigenvalue weighted by molar-refractivity contribution is -0.154. The van der Waals surface area contributed by atoms with Crippen LogP contribution in [0, 0.1) is 23.8 Å². The fraction of sp³-hybridized carbons (Fsp3) is 0.714. The first-order valence-electron chi connectivity index (χ1n) is 13.0. The number of carbonyl (C=O) groups is 2. The lowest BCUT2D eigenvalue weighted by atomic mass is 9.73. The molecule has 1 aromatic heterocycles. The number of Topliss-reactive ketones (excluding diaryl/α,β-unsaturated/α-hetero) is 1. The number of thiazole rings is 1. The Balaban J connectivity index is 1.85. The van der Waals surface area contributed by atoms with Crippen LogP contribution in [0.25, 0.3) is 10.9 Å². The average Bonchev–Trinajstić information content (AvgIpc) is 3.24. The molecule has 2 saturated heterocycles. The lowest BCUT2D eigenvalue weighted by Gasteiger charge is -2.34. The normalized spacial score (nSPS) is 35.8. The summed E-state index contributed by atoms with van der Waals surface area (Å²) in [7, 11) is 0. The fourth-order valence-electron chi connectivity index (χ4n) is 5.15. The highest BCUT2D eigenvalue weighted by Gasteiger charge is 2.53. The van der Waals surface area contributed by atoms with Crippen molar-refractivity contribution in [2.24, 2.45) is 17.3 Å². The Morgan fingerprint density at radius 3 is 2.68 bits per heavy atom. The highest BCUT2D eigenvalue weighted by molar-refractivity contribution is 7.09. The van der Waals surface area contributed by atoms with Crippen molar-refractivity contribution in [3.8, 4) is 0 Å². The molecule has 0 spiro atoms. The largest absolute Gasteiger partial charge is 0.458 e. The number of hydrogen-bond donors (Lipinski definition) is 2. The number of rotatable bonds is 3. The van der Waals surface area contributed by atoms with E-state index in [1.807, 2.05) is 25.3 Å². The van der Waals surface area contributed by atoms with Crippen LogP contribution in [0.4, 0.5) is 0 Å². The average molecular weight is 533 g/mol. The van der Waals surface area contributed by atoms with Crippen LogP contribution in [0.3, 0.4) is 0 Å². The third kappa shape index (κ3) is 7.05. The molecule has 2 aliphatic heterocycles. The molecule has 204 valence electrons. The van der Waals surface area contributed by atoms with E-state index in [1.54, 1.807) is 20.8 Å². The van der Waals surface area contributed by atoms with Gasteiger partial charge in [0.2, 0.25) is 0 Å². The van der Waals surface area contributed by atoms with Gasteiger partial charge in [0.1, 0.15) is 11.9 Å². The number of aromatic nitrogens is 1. The van der Waals surface area contributed by atoms with Crippen LogP contribution in [-0.2, 0) is 25.6 Å². The zero-order valence-corrected chi connectivity index (χ0v) is 23.5.